The number of benzene rings is 8. The number of aromatic nitrogens is 1. The van der Waals surface area contributed by atoms with Crippen LogP contribution in [-0.2, 0) is 0 Å². The SMILES string of the molecule is c1ccc(-c2cccc3c2c2ccc(N(c4ccccc4)c4cccc(-c5cccc6c5sc5ccccc56)c4)cc2n3-c2ccccc2)cc1. The van der Waals surface area contributed by atoms with Crippen LogP contribution in [0.25, 0.3) is 69.9 Å². The van der Waals surface area contributed by atoms with Gasteiger partial charge in [0.05, 0.1) is 11.0 Å². The Kier molecular flexibility index (Phi) is 7.04. The highest BCUT2D eigenvalue weighted by Crippen LogP contribution is 2.44. The largest absolute Gasteiger partial charge is 0.310 e. The monoisotopic (exact) mass is 668 g/mol. The number of fused-ring (bicyclic) bond motifs is 6. The first-order valence-electron chi connectivity index (χ1n) is 17.4. The molecule has 0 radical (unpaired) electrons. The second-order valence-corrected chi connectivity index (χ2v) is 14.0. The summed E-state index contributed by atoms with van der Waals surface area (Å²) in [4.78, 5) is 2.39. The Morgan fingerprint density at radius 1 is 0.392 bits per heavy atom. The van der Waals surface area contributed by atoms with Crippen molar-refractivity contribution >= 4 is 70.4 Å². The summed E-state index contributed by atoms with van der Waals surface area (Å²) in [5.41, 5.74) is 11.8. The zero-order valence-corrected chi connectivity index (χ0v) is 28.6. The first-order chi connectivity index (χ1) is 25.3. The molecule has 51 heavy (non-hydrogen) atoms. The number of hydrogen-bond donors (Lipinski definition) is 0. The van der Waals surface area contributed by atoms with Gasteiger partial charge in [0.2, 0.25) is 0 Å². The molecule has 0 aliphatic rings. The Morgan fingerprint density at radius 3 is 1.86 bits per heavy atom. The van der Waals surface area contributed by atoms with E-state index in [4.69, 9.17) is 0 Å². The van der Waals surface area contributed by atoms with Crippen LogP contribution in [0.15, 0.2) is 194 Å². The lowest BCUT2D eigenvalue weighted by molar-refractivity contribution is 1.18. The van der Waals surface area contributed by atoms with Crippen molar-refractivity contribution in [2.45, 2.75) is 0 Å². The minimum absolute atomic E-state index is 1.10. The zero-order valence-electron chi connectivity index (χ0n) is 27.8. The average molecular weight is 669 g/mol. The summed E-state index contributed by atoms with van der Waals surface area (Å²) in [5.74, 6) is 0. The van der Waals surface area contributed by atoms with Crippen LogP contribution in [0, 0.1) is 0 Å². The summed E-state index contributed by atoms with van der Waals surface area (Å²) in [6.45, 7) is 0. The van der Waals surface area contributed by atoms with Gasteiger partial charge in [-0.2, -0.15) is 0 Å². The second kappa shape index (κ2) is 12.2. The van der Waals surface area contributed by atoms with E-state index >= 15 is 0 Å². The van der Waals surface area contributed by atoms with E-state index in [1.165, 1.54) is 64.2 Å². The highest BCUT2D eigenvalue weighted by atomic mass is 32.1. The minimum Gasteiger partial charge on any atom is -0.310 e. The number of rotatable bonds is 6. The van der Waals surface area contributed by atoms with Gasteiger partial charge in [0.1, 0.15) is 0 Å². The van der Waals surface area contributed by atoms with Gasteiger partial charge in [0.25, 0.3) is 0 Å². The molecule has 10 rings (SSSR count). The average Bonchev–Trinajstić information content (AvgIpc) is 3.75. The predicted octanol–water partition coefficient (Wildman–Crippen LogP) is 14.0. The van der Waals surface area contributed by atoms with E-state index in [2.05, 4.69) is 204 Å². The van der Waals surface area contributed by atoms with Crippen LogP contribution < -0.4 is 4.90 Å². The topological polar surface area (TPSA) is 8.17 Å². The fourth-order valence-electron chi connectivity index (χ4n) is 7.72. The Bertz CT molecular complexity index is 2850. The van der Waals surface area contributed by atoms with Crippen LogP contribution in [0.1, 0.15) is 0 Å². The zero-order chi connectivity index (χ0) is 33.7. The third kappa shape index (κ3) is 4.93. The van der Waals surface area contributed by atoms with Gasteiger partial charge in [-0.15, -0.1) is 11.3 Å². The third-order valence-electron chi connectivity index (χ3n) is 9.97. The summed E-state index contributed by atoms with van der Waals surface area (Å²) in [6.07, 6.45) is 0. The first kappa shape index (κ1) is 29.5. The number of hydrogen-bond acceptors (Lipinski definition) is 2. The number of anilines is 3. The molecule has 0 saturated carbocycles. The summed E-state index contributed by atoms with van der Waals surface area (Å²) < 4.78 is 5.06. The van der Waals surface area contributed by atoms with Crippen LogP contribution in [0.2, 0.25) is 0 Å². The van der Waals surface area contributed by atoms with Gasteiger partial charge < -0.3 is 9.47 Å². The molecule has 0 N–H and O–H groups in total. The molecule has 0 amide bonds. The molecule has 0 aliphatic heterocycles. The van der Waals surface area contributed by atoms with E-state index in [1.807, 2.05) is 11.3 Å². The molecule has 240 valence electrons. The van der Waals surface area contributed by atoms with Gasteiger partial charge in [-0.25, -0.2) is 0 Å². The lowest BCUT2D eigenvalue weighted by atomic mass is 9.99. The van der Waals surface area contributed by atoms with Crippen molar-refractivity contribution in [2.24, 2.45) is 0 Å². The van der Waals surface area contributed by atoms with Crippen LogP contribution in [0.5, 0.6) is 0 Å². The summed E-state index contributed by atoms with van der Waals surface area (Å²) in [7, 11) is 0. The number of para-hydroxylation sites is 2. The molecule has 0 bridgehead atoms. The second-order valence-electron chi connectivity index (χ2n) is 12.9. The van der Waals surface area contributed by atoms with Crippen LogP contribution in [-0.4, -0.2) is 4.57 Å². The smallest absolute Gasteiger partial charge is 0.0562 e. The van der Waals surface area contributed by atoms with E-state index in [9.17, 15) is 0 Å². The third-order valence-corrected chi connectivity index (χ3v) is 11.2. The fourth-order valence-corrected chi connectivity index (χ4v) is 8.96. The van der Waals surface area contributed by atoms with Crippen molar-refractivity contribution in [2.75, 3.05) is 4.90 Å². The Morgan fingerprint density at radius 2 is 1.02 bits per heavy atom. The highest BCUT2D eigenvalue weighted by Gasteiger charge is 2.20. The molecule has 0 aliphatic carbocycles. The van der Waals surface area contributed by atoms with E-state index in [0.29, 0.717) is 0 Å². The lowest BCUT2D eigenvalue weighted by Gasteiger charge is -2.26. The van der Waals surface area contributed by atoms with E-state index in [1.54, 1.807) is 0 Å². The van der Waals surface area contributed by atoms with Gasteiger partial charge in [-0.1, -0.05) is 133 Å². The molecule has 0 saturated heterocycles. The van der Waals surface area contributed by atoms with Gasteiger partial charge >= 0.3 is 0 Å². The van der Waals surface area contributed by atoms with Gasteiger partial charge in [0.15, 0.2) is 0 Å². The molecular formula is C48H32N2S. The van der Waals surface area contributed by atoms with Crippen molar-refractivity contribution in [1.29, 1.82) is 0 Å². The molecule has 10 aromatic rings. The van der Waals surface area contributed by atoms with Gasteiger partial charge in [0, 0.05) is 53.7 Å². The van der Waals surface area contributed by atoms with E-state index < -0.39 is 0 Å². The van der Waals surface area contributed by atoms with Gasteiger partial charge in [-0.3, -0.25) is 0 Å². The minimum atomic E-state index is 1.10. The van der Waals surface area contributed by atoms with Crippen LogP contribution in [0.3, 0.4) is 0 Å². The Labute approximate surface area is 300 Å². The first-order valence-corrected chi connectivity index (χ1v) is 18.2. The van der Waals surface area contributed by atoms with Crippen LogP contribution >= 0.6 is 11.3 Å². The van der Waals surface area contributed by atoms with Crippen molar-refractivity contribution < 1.29 is 0 Å². The fraction of sp³-hybridized carbons (Fsp3) is 0. The van der Waals surface area contributed by atoms with Crippen LogP contribution in [0.4, 0.5) is 17.1 Å². The number of nitrogens with zero attached hydrogens (tertiary/aromatic N) is 2. The van der Waals surface area contributed by atoms with Gasteiger partial charge in [-0.05, 0) is 82.9 Å². The van der Waals surface area contributed by atoms with Crippen molar-refractivity contribution in [3.63, 3.8) is 0 Å². The molecule has 0 atom stereocenters. The van der Waals surface area contributed by atoms with Crippen molar-refractivity contribution in [3.05, 3.63) is 194 Å². The molecule has 0 unspecified atom stereocenters. The maximum atomic E-state index is 2.42. The van der Waals surface area contributed by atoms with E-state index in [-0.39, 0.29) is 0 Å². The Hall–Kier alpha value is -6.42. The lowest BCUT2D eigenvalue weighted by Crippen LogP contribution is -2.10. The van der Waals surface area contributed by atoms with Crippen molar-refractivity contribution in [1.82, 2.24) is 4.57 Å². The standard InChI is InChI=1S/C48H32N2S/c1-4-15-33(16-5-1)39-24-14-27-44-47(39)43-30-29-38(32-45(43)50(44)36-20-8-3-9-21-36)49(35-18-6-2-7-19-35)37-22-12-17-34(31-37)40-25-13-26-42-41-23-10-11-28-46(41)51-48(40)42/h1-32H. The quantitative estimate of drug-likeness (QED) is 0.171. The molecule has 2 nitrogen and oxygen atoms in total. The summed E-state index contributed by atoms with van der Waals surface area (Å²) >= 11 is 1.88. The molecule has 2 aromatic heterocycles. The highest BCUT2D eigenvalue weighted by molar-refractivity contribution is 7.26. The molecule has 2 heterocycles. The maximum absolute atomic E-state index is 2.42. The molecule has 3 heteroatoms. The predicted molar refractivity (Wildman–Crippen MR) is 219 cm³/mol. The summed E-state index contributed by atoms with van der Waals surface area (Å²) in [5, 5.41) is 5.13. The normalized spacial score (nSPS) is 11.5. The van der Waals surface area contributed by atoms with Crippen molar-refractivity contribution in [3.8, 4) is 27.9 Å². The molecule has 8 aromatic carbocycles. The van der Waals surface area contributed by atoms with E-state index in [0.717, 1.165) is 22.7 Å². The molecule has 0 fully saturated rings. The summed E-state index contributed by atoms with van der Waals surface area (Å²) in [6, 6.07) is 70.3. The maximum Gasteiger partial charge on any atom is 0.0562 e. The molecule has 0 spiro atoms. The molecular weight excluding hydrogens is 637 g/mol. The Balaban J connectivity index is 1.20. The number of thiophene rings is 1.